The molecule has 0 aliphatic rings. The molecule has 0 rings (SSSR count). The zero-order valence-electron chi connectivity index (χ0n) is 7.75. The van der Waals surface area contributed by atoms with E-state index in [2.05, 4.69) is 25.8 Å². The summed E-state index contributed by atoms with van der Waals surface area (Å²) in [6.07, 6.45) is 3.60. The van der Waals surface area contributed by atoms with Gasteiger partial charge in [-0.3, -0.25) is 0 Å². The van der Waals surface area contributed by atoms with Crippen LogP contribution in [0.2, 0.25) is 6.04 Å². The first-order chi connectivity index (χ1) is 5.68. The molecule has 3 heteroatoms. The molecule has 0 bridgehead atoms. The van der Waals surface area contributed by atoms with Gasteiger partial charge in [0, 0.05) is 15.6 Å². The van der Waals surface area contributed by atoms with E-state index < -0.39 is 5.97 Å². The molecule has 70 valence electrons. The number of hydrogen-bond acceptors (Lipinski definition) is 1. The largest absolute Gasteiger partial charge is 0.478 e. The SMILES string of the molecule is C=CC(=O)O.C=C[SiH2]CCCC. The van der Waals surface area contributed by atoms with E-state index in [0.29, 0.717) is 0 Å². The van der Waals surface area contributed by atoms with E-state index in [4.69, 9.17) is 5.11 Å². The molecular formula is C9H18O2Si. The van der Waals surface area contributed by atoms with Crippen molar-refractivity contribution in [3.05, 3.63) is 24.9 Å². The fraction of sp³-hybridized carbons (Fsp3) is 0.444. The van der Waals surface area contributed by atoms with Crippen LogP contribution < -0.4 is 0 Å². The van der Waals surface area contributed by atoms with Crippen LogP contribution in [0, 0.1) is 0 Å². The highest BCUT2D eigenvalue weighted by Gasteiger charge is 1.78. The summed E-state index contributed by atoms with van der Waals surface area (Å²) in [5, 5.41) is 7.60. The van der Waals surface area contributed by atoms with Crippen LogP contribution in [-0.2, 0) is 4.79 Å². The third-order valence-corrected chi connectivity index (χ3v) is 2.50. The summed E-state index contributed by atoms with van der Waals surface area (Å²) in [5.74, 6) is -0.981. The second-order valence-electron chi connectivity index (χ2n) is 2.33. The lowest BCUT2D eigenvalue weighted by Crippen LogP contribution is -1.82. The van der Waals surface area contributed by atoms with Crippen molar-refractivity contribution in [3.63, 3.8) is 0 Å². The fourth-order valence-electron chi connectivity index (χ4n) is 0.539. The van der Waals surface area contributed by atoms with Crippen molar-refractivity contribution in [1.29, 1.82) is 0 Å². The van der Waals surface area contributed by atoms with Gasteiger partial charge in [0.1, 0.15) is 0 Å². The number of aliphatic carboxylic acids is 1. The van der Waals surface area contributed by atoms with Gasteiger partial charge in [-0.1, -0.05) is 32.4 Å². The zero-order chi connectivity index (χ0) is 9.82. The molecule has 0 heterocycles. The molecule has 0 saturated carbocycles. The molecule has 2 nitrogen and oxygen atoms in total. The standard InChI is InChI=1S/C6H14Si.C3H4O2/c1-3-5-6-7-4-2;1-2-3(4)5/h4H,2-3,5-7H2,1H3;2H,1H2,(H,4,5). The lowest BCUT2D eigenvalue weighted by Gasteiger charge is -1.86. The molecule has 0 aliphatic carbocycles. The number of carboxylic acids is 1. The summed E-state index contributed by atoms with van der Waals surface area (Å²) in [4.78, 5) is 9.25. The van der Waals surface area contributed by atoms with Gasteiger partial charge >= 0.3 is 5.97 Å². The van der Waals surface area contributed by atoms with Crippen LogP contribution in [0.4, 0.5) is 0 Å². The van der Waals surface area contributed by atoms with Gasteiger partial charge in [0.15, 0.2) is 0 Å². The van der Waals surface area contributed by atoms with Crippen molar-refractivity contribution in [2.24, 2.45) is 0 Å². The zero-order valence-corrected chi connectivity index (χ0v) is 9.17. The monoisotopic (exact) mass is 186 g/mol. The maximum Gasteiger partial charge on any atom is 0.327 e. The Hall–Kier alpha value is -0.833. The first kappa shape index (κ1) is 13.7. The van der Waals surface area contributed by atoms with E-state index >= 15 is 0 Å². The molecule has 0 radical (unpaired) electrons. The Labute approximate surface area is 76.8 Å². The summed E-state index contributed by atoms with van der Waals surface area (Å²) in [7, 11) is 0.175. The molecule has 0 aromatic carbocycles. The third kappa shape index (κ3) is 22.9. The molecule has 0 amide bonds. The Bertz CT molecular complexity index is 132. The van der Waals surface area contributed by atoms with Gasteiger partial charge in [0.2, 0.25) is 0 Å². The Morgan fingerprint density at radius 3 is 2.33 bits per heavy atom. The molecule has 0 aromatic rings. The third-order valence-electron chi connectivity index (χ3n) is 1.19. The highest BCUT2D eigenvalue weighted by Crippen LogP contribution is 1.91. The van der Waals surface area contributed by atoms with E-state index in [0.717, 1.165) is 6.08 Å². The molecule has 0 fully saturated rings. The van der Waals surface area contributed by atoms with Crippen LogP contribution >= 0.6 is 0 Å². The molecule has 0 aliphatic heterocycles. The smallest absolute Gasteiger partial charge is 0.327 e. The predicted octanol–water partition coefficient (Wildman–Crippen LogP) is 1.77. The molecule has 0 saturated heterocycles. The van der Waals surface area contributed by atoms with E-state index in [9.17, 15) is 4.79 Å². The Balaban J connectivity index is 0. The van der Waals surface area contributed by atoms with Crippen LogP contribution in [0.1, 0.15) is 19.8 Å². The van der Waals surface area contributed by atoms with Crippen LogP contribution in [0.3, 0.4) is 0 Å². The Morgan fingerprint density at radius 1 is 1.58 bits per heavy atom. The minimum atomic E-state index is -0.981. The van der Waals surface area contributed by atoms with Crippen molar-refractivity contribution in [2.75, 3.05) is 0 Å². The van der Waals surface area contributed by atoms with E-state index in [1.165, 1.54) is 18.9 Å². The Morgan fingerprint density at radius 2 is 2.08 bits per heavy atom. The van der Waals surface area contributed by atoms with Gasteiger partial charge in [-0.2, -0.15) is 0 Å². The van der Waals surface area contributed by atoms with Crippen molar-refractivity contribution >= 4 is 15.5 Å². The molecule has 0 aromatic heterocycles. The molecule has 1 N–H and O–H groups in total. The van der Waals surface area contributed by atoms with Gasteiger partial charge < -0.3 is 5.11 Å². The number of unbranched alkanes of at least 4 members (excludes halogenated alkanes) is 1. The number of carboxylic acid groups (broad SMARTS) is 1. The summed E-state index contributed by atoms with van der Waals surface area (Å²) in [6.45, 7) is 8.89. The van der Waals surface area contributed by atoms with Crippen molar-refractivity contribution in [1.82, 2.24) is 0 Å². The fourth-order valence-corrected chi connectivity index (χ4v) is 1.62. The summed E-state index contributed by atoms with van der Waals surface area (Å²) >= 11 is 0. The Kier molecular flexibility index (Phi) is 14.7. The van der Waals surface area contributed by atoms with Crippen molar-refractivity contribution in [2.45, 2.75) is 25.8 Å². The molecule has 12 heavy (non-hydrogen) atoms. The average Bonchev–Trinajstić information content (AvgIpc) is 2.07. The van der Waals surface area contributed by atoms with Crippen LogP contribution in [0.25, 0.3) is 0 Å². The number of carbonyl (C=O) groups is 1. The van der Waals surface area contributed by atoms with Crippen LogP contribution in [0.5, 0.6) is 0 Å². The van der Waals surface area contributed by atoms with E-state index in [1.54, 1.807) is 0 Å². The maximum absolute atomic E-state index is 9.25. The maximum atomic E-state index is 9.25. The summed E-state index contributed by atoms with van der Waals surface area (Å²) < 4.78 is 0. The summed E-state index contributed by atoms with van der Waals surface area (Å²) in [6, 6.07) is 1.46. The van der Waals surface area contributed by atoms with Crippen LogP contribution in [0.15, 0.2) is 24.9 Å². The number of hydrogen-bond donors (Lipinski definition) is 1. The molecule has 0 spiro atoms. The first-order valence-corrected chi connectivity index (χ1v) is 5.96. The van der Waals surface area contributed by atoms with Gasteiger partial charge in [-0.15, -0.1) is 12.3 Å². The minimum Gasteiger partial charge on any atom is -0.478 e. The highest BCUT2D eigenvalue weighted by molar-refractivity contribution is 6.41. The quantitative estimate of drug-likeness (QED) is 0.404. The van der Waals surface area contributed by atoms with Crippen molar-refractivity contribution < 1.29 is 9.90 Å². The average molecular weight is 186 g/mol. The second-order valence-corrected chi connectivity index (χ2v) is 4.19. The highest BCUT2D eigenvalue weighted by atomic mass is 28.2. The topological polar surface area (TPSA) is 37.3 Å². The van der Waals surface area contributed by atoms with Gasteiger partial charge in [-0.25, -0.2) is 4.79 Å². The molecular weight excluding hydrogens is 168 g/mol. The first-order valence-electron chi connectivity index (χ1n) is 4.15. The minimum absolute atomic E-state index is 0.175. The van der Waals surface area contributed by atoms with Crippen LogP contribution in [-0.4, -0.2) is 20.6 Å². The number of rotatable bonds is 5. The lowest BCUT2D eigenvalue weighted by molar-refractivity contribution is -0.131. The normalized spacial score (nSPS) is 8.75. The van der Waals surface area contributed by atoms with Gasteiger partial charge in [0.05, 0.1) is 0 Å². The summed E-state index contributed by atoms with van der Waals surface area (Å²) in [5.41, 5.74) is 2.12. The van der Waals surface area contributed by atoms with Gasteiger partial charge in [-0.05, 0) is 0 Å². The van der Waals surface area contributed by atoms with Gasteiger partial charge in [0.25, 0.3) is 0 Å². The molecule has 0 atom stereocenters. The van der Waals surface area contributed by atoms with E-state index in [1.807, 2.05) is 0 Å². The predicted molar refractivity (Wildman–Crippen MR) is 56.3 cm³/mol. The second kappa shape index (κ2) is 12.8. The van der Waals surface area contributed by atoms with E-state index in [-0.39, 0.29) is 9.52 Å². The lowest BCUT2D eigenvalue weighted by atomic mass is 10.4. The van der Waals surface area contributed by atoms with Crippen molar-refractivity contribution in [3.8, 4) is 0 Å². The molecule has 0 unspecified atom stereocenters.